The van der Waals surface area contributed by atoms with Gasteiger partial charge in [-0.15, -0.1) is 0 Å². The first-order chi connectivity index (χ1) is 15.1. The van der Waals surface area contributed by atoms with E-state index in [0.29, 0.717) is 31.2 Å². The van der Waals surface area contributed by atoms with Gasteiger partial charge in [-0.05, 0) is 43.2 Å². The molecule has 1 unspecified atom stereocenters. The number of hydrogen-bond acceptors (Lipinski definition) is 4. The van der Waals surface area contributed by atoms with Crippen molar-refractivity contribution < 1.29 is 14.3 Å². The van der Waals surface area contributed by atoms with E-state index in [1.165, 1.54) is 0 Å². The van der Waals surface area contributed by atoms with Crippen LogP contribution >= 0.6 is 0 Å². The van der Waals surface area contributed by atoms with Crippen LogP contribution in [-0.4, -0.2) is 44.8 Å². The third-order valence-corrected chi connectivity index (χ3v) is 5.03. The van der Waals surface area contributed by atoms with E-state index in [9.17, 15) is 4.79 Å². The molecular weight excluding hydrogens is 392 g/mol. The van der Waals surface area contributed by atoms with Crippen molar-refractivity contribution in [1.29, 1.82) is 0 Å². The van der Waals surface area contributed by atoms with E-state index in [-0.39, 0.29) is 12.0 Å². The predicted octanol–water partition coefficient (Wildman–Crippen LogP) is 2.78. The van der Waals surface area contributed by atoms with Gasteiger partial charge in [0, 0.05) is 37.7 Å². The van der Waals surface area contributed by atoms with Crippen LogP contribution in [0.5, 0.6) is 5.75 Å². The number of hydrogen-bond donors (Lipinski definition) is 3. The Morgan fingerprint density at radius 3 is 2.84 bits per heavy atom. The molecular formula is C24H32N4O3. The fourth-order valence-corrected chi connectivity index (χ4v) is 3.35. The second kappa shape index (κ2) is 11.4. The van der Waals surface area contributed by atoms with Crippen LogP contribution in [-0.2, 0) is 17.8 Å². The van der Waals surface area contributed by atoms with Crippen LogP contribution in [0.2, 0.25) is 0 Å². The highest BCUT2D eigenvalue weighted by molar-refractivity contribution is 5.94. The number of guanidine groups is 1. The van der Waals surface area contributed by atoms with Crippen molar-refractivity contribution in [1.82, 2.24) is 16.0 Å². The maximum atomic E-state index is 11.9. The summed E-state index contributed by atoms with van der Waals surface area (Å²) in [6.45, 7) is 7.30. The Kier molecular flexibility index (Phi) is 8.29. The van der Waals surface area contributed by atoms with Gasteiger partial charge in [-0.25, -0.2) is 4.99 Å². The second-order valence-corrected chi connectivity index (χ2v) is 7.54. The molecule has 1 amide bonds. The minimum absolute atomic E-state index is 0.101. The monoisotopic (exact) mass is 424 g/mol. The molecule has 3 N–H and O–H groups in total. The van der Waals surface area contributed by atoms with Crippen LogP contribution in [0.3, 0.4) is 0 Å². The van der Waals surface area contributed by atoms with Crippen molar-refractivity contribution in [3.05, 3.63) is 64.7 Å². The molecule has 1 saturated heterocycles. The fraction of sp³-hybridized carbons (Fsp3) is 0.417. The second-order valence-electron chi connectivity index (χ2n) is 7.54. The lowest BCUT2D eigenvalue weighted by atomic mass is 10.1. The molecule has 31 heavy (non-hydrogen) atoms. The average molecular weight is 425 g/mol. The maximum absolute atomic E-state index is 11.9. The molecule has 2 aromatic carbocycles. The van der Waals surface area contributed by atoms with E-state index >= 15 is 0 Å². The first-order valence-electron chi connectivity index (χ1n) is 10.8. The van der Waals surface area contributed by atoms with E-state index in [1.54, 1.807) is 13.1 Å². The van der Waals surface area contributed by atoms with E-state index in [4.69, 9.17) is 9.47 Å². The molecule has 0 spiro atoms. The molecule has 0 aliphatic carbocycles. The van der Waals surface area contributed by atoms with Crippen molar-refractivity contribution >= 4 is 11.9 Å². The van der Waals surface area contributed by atoms with Gasteiger partial charge >= 0.3 is 0 Å². The lowest BCUT2D eigenvalue weighted by Crippen LogP contribution is -2.37. The number of ether oxygens (including phenoxy) is 2. The zero-order valence-electron chi connectivity index (χ0n) is 18.5. The predicted molar refractivity (Wildman–Crippen MR) is 123 cm³/mol. The number of aliphatic imine (C=N–C) groups is 1. The van der Waals surface area contributed by atoms with Gasteiger partial charge in [0.25, 0.3) is 5.91 Å². The lowest BCUT2D eigenvalue weighted by molar-refractivity contribution is 0.0963. The summed E-state index contributed by atoms with van der Waals surface area (Å²) >= 11 is 0. The quantitative estimate of drug-likeness (QED) is 0.448. The molecule has 7 heteroatoms. The average Bonchev–Trinajstić information content (AvgIpc) is 3.29. The molecule has 166 valence electrons. The molecule has 1 atom stereocenters. The Hall–Kier alpha value is -3.06. The van der Waals surface area contributed by atoms with E-state index in [2.05, 4.69) is 46.1 Å². The smallest absolute Gasteiger partial charge is 0.251 e. The summed E-state index contributed by atoms with van der Waals surface area (Å²) in [7, 11) is 1.63. The van der Waals surface area contributed by atoms with E-state index in [0.717, 1.165) is 42.0 Å². The van der Waals surface area contributed by atoms with Gasteiger partial charge in [0.2, 0.25) is 0 Å². The maximum Gasteiger partial charge on any atom is 0.251 e. The van der Waals surface area contributed by atoms with Crippen LogP contribution in [0.4, 0.5) is 0 Å². The summed E-state index contributed by atoms with van der Waals surface area (Å²) in [5.74, 6) is 1.50. The van der Waals surface area contributed by atoms with Crippen molar-refractivity contribution in [3.63, 3.8) is 0 Å². The number of nitrogens with one attached hydrogen (secondary N) is 3. The van der Waals surface area contributed by atoms with Crippen LogP contribution in [0.1, 0.15) is 40.4 Å². The lowest BCUT2D eigenvalue weighted by Gasteiger charge is -2.18. The summed E-state index contributed by atoms with van der Waals surface area (Å²) in [5, 5.41) is 9.31. The highest BCUT2D eigenvalue weighted by Gasteiger charge is 2.18. The van der Waals surface area contributed by atoms with Crippen molar-refractivity contribution in [3.8, 4) is 5.75 Å². The number of carbonyl (C=O) groups is 1. The summed E-state index contributed by atoms with van der Waals surface area (Å²) < 4.78 is 11.6. The minimum Gasteiger partial charge on any atom is -0.488 e. The Morgan fingerprint density at radius 1 is 1.23 bits per heavy atom. The van der Waals surface area contributed by atoms with Gasteiger partial charge < -0.3 is 25.4 Å². The highest BCUT2D eigenvalue weighted by atomic mass is 16.5. The zero-order chi connectivity index (χ0) is 22.1. The third-order valence-electron chi connectivity index (χ3n) is 5.03. The van der Waals surface area contributed by atoms with Gasteiger partial charge in [-0.1, -0.05) is 24.3 Å². The topological polar surface area (TPSA) is 84.0 Å². The fourth-order valence-electron chi connectivity index (χ4n) is 3.35. The Morgan fingerprint density at radius 2 is 2.10 bits per heavy atom. The minimum atomic E-state index is -0.101. The van der Waals surface area contributed by atoms with Gasteiger partial charge in [0.15, 0.2) is 5.96 Å². The van der Waals surface area contributed by atoms with Crippen molar-refractivity contribution in [2.45, 2.75) is 39.5 Å². The van der Waals surface area contributed by atoms with Crippen molar-refractivity contribution in [2.75, 3.05) is 26.8 Å². The number of benzene rings is 2. The SMILES string of the molecule is CCNC(=NCc1cccc(C(=O)NC)c1)NCc1ccc(C)cc1OC1CCOC1. The summed E-state index contributed by atoms with van der Waals surface area (Å²) in [6.07, 6.45) is 1.02. The zero-order valence-corrected chi connectivity index (χ0v) is 18.5. The van der Waals surface area contributed by atoms with Crippen LogP contribution in [0.15, 0.2) is 47.5 Å². The third kappa shape index (κ3) is 6.72. The van der Waals surface area contributed by atoms with E-state index in [1.807, 2.05) is 25.1 Å². The first kappa shape index (κ1) is 22.6. The number of aryl methyl sites for hydroxylation is 1. The van der Waals surface area contributed by atoms with Gasteiger partial charge in [-0.2, -0.15) is 0 Å². The summed E-state index contributed by atoms with van der Waals surface area (Å²) in [5.41, 5.74) is 3.84. The Labute approximate surface area is 184 Å². The molecule has 1 aliphatic heterocycles. The largest absolute Gasteiger partial charge is 0.488 e. The summed E-state index contributed by atoms with van der Waals surface area (Å²) in [4.78, 5) is 16.5. The molecule has 1 fully saturated rings. The molecule has 2 aromatic rings. The molecule has 0 radical (unpaired) electrons. The summed E-state index contributed by atoms with van der Waals surface area (Å²) in [6, 6.07) is 13.7. The Balaban J connectivity index is 1.67. The molecule has 1 aliphatic rings. The molecule has 3 rings (SSSR count). The van der Waals surface area contributed by atoms with Gasteiger partial charge in [0.05, 0.1) is 19.8 Å². The van der Waals surface area contributed by atoms with Gasteiger partial charge in [-0.3, -0.25) is 4.79 Å². The van der Waals surface area contributed by atoms with Crippen LogP contribution in [0, 0.1) is 6.92 Å². The number of amides is 1. The highest BCUT2D eigenvalue weighted by Crippen LogP contribution is 2.23. The van der Waals surface area contributed by atoms with Crippen molar-refractivity contribution in [2.24, 2.45) is 4.99 Å². The molecule has 7 nitrogen and oxygen atoms in total. The molecule has 0 aromatic heterocycles. The standard InChI is InChI=1S/C24H32N4O3/c1-4-26-24(27-14-18-6-5-7-19(13-18)23(29)25-3)28-15-20-9-8-17(2)12-22(20)31-21-10-11-30-16-21/h5-9,12-13,21H,4,10-11,14-16H2,1-3H3,(H,25,29)(H2,26,27,28). The normalized spacial score (nSPS) is 16.1. The van der Waals surface area contributed by atoms with E-state index < -0.39 is 0 Å². The van der Waals surface area contributed by atoms with Crippen LogP contribution in [0.25, 0.3) is 0 Å². The van der Waals surface area contributed by atoms with Gasteiger partial charge in [0.1, 0.15) is 11.9 Å². The van der Waals surface area contributed by atoms with Crippen LogP contribution < -0.4 is 20.7 Å². The number of carbonyl (C=O) groups excluding carboxylic acids is 1. The first-order valence-corrected chi connectivity index (χ1v) is 10.8. The number of rotatable bonds is 8. The Bertz CT molecular complexity index is 907. The molecule has 1 heterocycles. The number of nitrogens with zero attached hydrogens (tertiary/aromatic N) is 1. The molecule has 0 saturated carbocycles. The molecule has 0 bridgehead atoms.